The molecular formula is C11H21F2NO. The molecule has 0 saturated carbocycles. The lowest BCUT2D eigenvalue weighted by molar-refractivity contribution is -0.137. The smallest absolute Gasteiger partial charge is 0.323 e. The van der Waals surface area contributed by atoms with Crippen LogP contribution in [0, 0.1) is 5.92 Å². The number of hydrogen-bond donors (Lipinski definition) is 0. The SMILES string of the molecule is C[C@H]1C[C@H](COC(F)F)CN1C(C)(C)C. The highest BCUT2D eigenvalue weighted by molar-refractivity contribution is 4.89. The Hall–Kier alpha value is -0.220. The summed E-state index contributed by atoms with van der Waals surface area (Å²) in [7, 11) is 0. The van der Waals surface area contributed by atoms with Crippen molar-refractivity contribution in [3.63, 3.8) is 0 Å². The molecule has 0 aromatic heterocycles. The van der Waals surface area contributed by atoms with Gasteiger partial charge in [-0.3, -0.25) is 4.90 Å². The van der Waals surface area contributed by atoms with Gasteiger partial charge in [0.25, 0.3) is 0 Å². The lowest BCUT2D eigenvalue weighted by Gasteiger charge is -2.35. The second-order valence-corrected chi connectivity index (χ2v) is 5.37. The second-order valence-electron chi connectivity index (χ2n) is 5.37. The highest BCUT2D eigenvalue weighted by Crippen LogP contribution is 2.30. The zero-order valence-electron chi connectivity index (χ0n) is 9.96. The molecule has 15 heavy (non-hydrogen) atoms. The Balaban J connectivity index is 2.42. The van der Waals surface area contributed by atoms with Crippen molar-refractivity contribution in [2.24, 2.45) is 5.92 Å². The zero-order valence-corrected chi connectivity index (χ0v) is 9.96. The first-order valence-electron chi connectivity index (χ1n) is 5.47. The molecule has 1 saturated heterocycles. The maximum Gasteiger partial charge on any atom is 0.345 e. The summed E-state index contributed by atoms with van der Waals surface area (Å²) in [6.07, 6.45) is 0.948. The summed E-state index contributed by atoms with van der Waals surface area (Å²) in [5, 5.41) is 0. The molecule has 2 nitrogen and oxygen atoms in total. The van der Waals surface area contributed by atoms with E-state index in [0.717, 1.165) is 13.0 Å². The van der Waals surface area contributed by atoms with Gasteiger partial charge in [0.15, 0.2) is 0 Å². The zero-order chi connectivity index (χ0) is 11.6. The molecule has 0 aromatic rings. The Kier molecular flexibility index (Phi) is 4.06. The van der Waals surface area contributed by atoms with Gasteiger partial charge in [0.1, 0.15) is 0 Å². The van der Waals surface area contributed by atoms with Crippen molar-refractivity contribution >= 4 is 0 Å². The molecule has 1 aliphatic rings. The molecule has 0 radical (unpaired) electrons. The molecule has 0 spiro atoms. The molecule has 1 aliphatic heterocycles. The first-order chi connectivity index (χ1) is 6.80. The molecule has 1 rings (SSSR count). The van der Waals surface area contributed by atoms with E-state index < -0.39 is 6.61 Å². The number of hydrogen-bond acceptors (Lipinski definition) is 2. The molecule has 0 unspecified atom stereocenters. The predicted molar refractivity (Wildman–Crippen MR) is 56.0 cm³/mol. The highest BCUT2D eigenvalue weighted by Gasteiger charge is 2.35. The fraction of sp³-hybridized carbons (Fsp3) is 1.00. The summed E-state index contributed by atoms with van der Waals surface area (Å²) in [5.74, 6) is 0.244. The Bertz CT molecular complexity index is 203. The average molecular weight is 221 g/mol. The minimum Gasteiger partial charge on any atom is -0.323 e. The van der Waals surface area contributed by atoms with E-state index in [1.165, 1.54) is 0 Å². The van der Waals surface area contributed by atoms with Crippen molar-refractivity contribution in [1.82, 2.24) is 4.90 Å². The molecule has 0 bridgehead atoms. The second kappa shape index (κ2) is 4.74. The largest absolute Gasteiger partial charge is 0.345 e. The maximum atomic E-state index is 11.9. The summed E-state index contributed by atoms with van der Waals surface area (Å²) >= 11 is 0. The third kappa shape index (κ3) is 3.68. The van der Waals surface area contributed by atoms with Gasteiger partial charge in [-0.1, -0.05) is 0 Å². The van der Waals surface area contributed by atoms with Crippen LogP contribution in [0.1, 0.15) is 34.1 Å². The summed E-state index contributed by atoms with van der Waals surface area (Å²) in [6, 6.07) is 0.455. The molecule has 4 heteroatoms. The molecule has 0 amide bonds. The van der Waals surface area contributed by atoms with Gasteiger partial charge in [-0.25, -0.2) is 0 Å². The van der Waals surface area contributed by atoms with E-state index in [4.69, 9.17) is 0 Å². The Labute approximate surface area is 90.6 Å². The number of alkyl halides is 2. The van der Waals surface area contributed by atoms with Crippen LogP contribution < -0.4 is 0 Å². The summed E-state index contributed by atoms with van der Waals surface area (Å²) < 4.78 is 28.1. The van der Waals surface area contributed by atoms with Crippen LogP contribution in [-0.4, -0.2) is 36.2 Å². The van der Waals surface area contributed by atoms with Crippen LogP contribution in [0.2, 0.25) is 0 Å². The number of halogens is 2. The molecule has 0 aliphatic carbocycles. The molecule has 0 N–H and O–H groups in total. The normalized spacial score (nSPS) is 29.0. The molecule has 1 heterocycles. The summed E-state index contributed by atoms with van der Waals surface area (Å²) in [4.78, 5) is 2.35. The van der Waals surface area contributed by atoms with Crippen molar-refractivity contribution in [1.29, 1.82) is 0 Å². The van der Waals surface area contributed by atoms with Crippen molar-refractivity contribution < 1.29 is 13.5 Å². The topological polar surface area (TPSA) is 12.5 Å². The average Bonchev–Trinajstić information content (AvgIpc) is 2.42. The van der Waals surface area contributed by atoms with Crippen molar-refractivity contribution in [3.8, 4) is 0 Å². The summed E-state index contributed by atoms with van der Waals surface area (Å²) in [5.41, 5.74) is 0.110. The number of likely N-dealkylation sites (tertiary alicyclic amines) is 1. The molecule has 2 atom stereocenters. The van der Waals surface area contributed by atoms with Gasteiger partial charge in [-0.05, 0) is 40.0 Å². The van der Waals surface area contributed by atoms with Crippen LogP contribution in [0.4, 0.5) is 8.78 Å². The van der Waals surface area contributed by atoms with E-state index in [0.29, 0.717) is 6.04 Å². The highest BCUT2D eigenvalue weighted by atomic mass is 19.3. The van der Waals surface area contributed by atoms with Gasteiger partial charge in [0, 0.05) is 18.1 Å². The van der Waals surface area contributed by atoms with E-state index >= 15 is 0 Å². The number of rotatable bonds is 3. The van der Waals surface area contributed by atoms with E-state index in [2.05, 4.69) is 37.3 Å². The van der Waals surface area contributed by atoms with Gasteiger partial charge < -0.3 is 4.74 Å². The fourth-order valence-electron chi connectivity index (χ4n) is 2.41. The van der Waals surface area contributed by atoms with Crippen LogP contribution >= 0.6 is 0 Å². The number of ether oxygens (including phenoxy) is 1. The molecular weight excluding hydrogens is 200 g/mol. The monoisotopic (exact) mass is 221 g/mol. The number of nitrogens with zero attached hydrogens (tertiary/aromatic N) is 1. The van der Waals surface area contributed by atoms with Gasteiger partial charge in [0.2, 0.25) is 0 Å². The lowest BCUT2D eigenvalue weighted by Crippen LogP contribution is -2.43. The third-order valence-corrected chi connectivity index (χ3v) is 2.98. The quantitative estimate of drug-likeness (QED) is 0.726. The van der Waals surface area contributed by atoms with Crippen LogP contribution in [0.25, 0.3) is 0 Å². The van der Waals surface area contributed by atoms with Crippen LogP contribution in [0.15, 0.2) is 0 Å². The van der Waals surface area contributed by atoms with Gasteiger partial charge in [-0.15, -0.1) is 0 Å². The Morgan fingerprint density at radius 2 is 2.00 bits per heavy atom. The molecule has 0 aromatic carbocycles. The first kappa shape index (κ1) is 12.8. The van der Waals surface area contributed by atoms with E-state index in [1.807, 2.05) is 0 Å². The standard InChI is InChI=1S/C11H21F2NO/c1-8-5-9(7-15-10(12)13)6-14(8)11(2,3)4/h8-10H,5-7H2,1-4H3/t8-,9-/m0/s1. The lowest BCUT2D eigenvalue weighted by atomic mass is 10.1. The first-order valence-corrected chi connectivity index (χ1v) is 5.47. The van der Waals surface area contributed by atoms with Crippen LogP contribution in [-0.2, 0) is 4.74 Å². The van der Waals surface area contributed by atoms with E-state index in [9.17, 15) is 8.78 Å². The Morgan fingerprint density at radius 1 is 1.40 bits per heavy atom. The third-order valence-electron chi connectivity index (χ3n) is 2.98. The van der Waals surface area contributed by atoms with Crippen LogP contribution in [0.5, 0.6) is 0 Å². The van der Waals surface area contributed by atoms with Crippen molar-refractivity contribution in [2.75, 3.05) is 13.2 Å². The Morgan fingerprint density at radius 3 is 2.40 bits per heavy atom. The van der Waals surface area contributed by atoms with E-state index in [-0.39, 0.29) is 18.1 Å². The fourth-order valence-corrected chi connectivity index (χ4v) is 2.41. The maximum absolute atomic E-state index is 11.9. The van der Waals surface area contributed by atoms with Crippen LogP contribution in [0.3, 0.4) is 0 Å². The van der Waals surface area contributed by atoms with E-state index in [1.54, 1.807) is 0 Å². The molecule has 1 fully saturated rings. The summed E-state index contributed by atoms with van der Waals surface area (Å²) in [6.45, 7) is 7.00. The molecule has 90 valence electrons. The minimum absolute atomic E-state index is 0.110. The minimum atomic E-state index is -2.64. The van der Waals surface area contributed by atoms with Gasteiger partial charge >= 0.3 is 6.61 Å². The van der Waals surface area contributed by atoms with Crippen molar-refractivity contribution in [2.45, 2.75) is 52.3 Å². The van der Waals surface area contributed by atoms with Crippen molar-refractivity contribution in [3.05, 3.63) is 0 Å². The van der Waals surface area contributed by atoms with Gasteiger partial charge in [-0.2, -0.15) is 8.78 Å². The van der Waals surface area contributed by atoms with Gasteiger partial charge in [0.05, 0.1) is 6.61 Å². The predicted octanol–water partition coefficient (Wildman–Crippen LogP) is 2.73.